The normalized spacial score (nSPS) is 15.3. The second-order valence-electron chi connectivity index (χ2n) is 7.77. The minimum Gasteiger partial charge on any atom is -0.317 e. The lowest BCUT2D eigenvalue weighted by Gasteiger charge is -2.14. The molecule has 0 bridgehead atoms. The Labute approximate surface area is 209 Å². The highest BCUT2D eigenvalue weighted by atomic mass is 79.9. The number of aryl methyl sites for hydroxylation is 1. The summed E-state index contributed by atoms with van der Waals surface area (Å²) in [7, 11) is 0. The summed E-state index contributed by atoms with van der Waals surface area (Å²) < 4.78 is 3.23. The van der Waals surface area contributed by atoms with Crippen LogP contribution in [0.3, 0.4) is 0 Å². The highest BCUT2D eigenvalue weighted by Crippen LogP contribution is 2.38. The quantitative estimate of drug-likeness (QED) is 0.249. The van der Waals surface area contributed by atoms with Gasteiger partial charge in [-0.1, -0.05) is 51.8 Å². The first kappa shape index (κ1) is 22.0. The van der Waals surface area contributed by atoms with E-state index in [1.807, 2.05) is 38.1 Å². The van der Waals surface area contributed by atoms with E-state index < -0.39 is 0 Å². The highest BCUT2D eigenvalue weighted by molar-refractivity contribution is 9.10. The van der Waals surface area contributed by atoms with Gasteiger partial charge in [0.2, 0.25) is 0 Å². The maximum absolute atomic E-state index is 13.1. The van der Waals surface area contributed by atoms with Crippen molar-refractivity contribution in [3.05, 3.63) is 98.1 Å². The number of benzene rings is 3. The Morgan fingerprint density at radius 1 is 0.939 bits per heavy atom. The van der Waals surface area contributed by atoms with Crippen molar-refractivity contribution >= 4 is 73.0 Å². The standard InChI is InChI=1S/C26H18BrClN2O2S/c1-15-13-17(14-24-25(31)30(26(32)33-24)19-9-7-18(28)8-10-19)16(2)29(15)23-12-11-22(27)20-5-3-4-6-21(20)23/h3-14H,1-2H3/b24-14-. The second kappa shape index (κ2) is 8.52. The number of hydrogen-bond acceptors (Lipinski definition) is 3. The maximum atomic E-state index is 13.1. The van der Waals surface area contributed by atoms with Gasteiger partial charge in [0.05, 0.1) is 16.3 Å². The minimum absolute atomic E-state index is 0.318. The van der Waals surface area contributed by atoms with Gasteiger partial charge in [-0.25, -0.2) is 4.90 Å². The second-order valence-corrected chi connectivity index (χ2v) is 10.1. The van der Waals surface area contributed by atoms with Crippen molar-refractivity contribution in [2.24, 2.45) is 0 Å². The first-order valence-electron chi connectivity index (χ1n) is 10.3. The molecule has 2 amide bonds. The number of carbonyl (C=O) groups excluding carboxylic acids is 2. The Morgan fingerprint density at radius 2 is 1.64 bits per heavy atom. The summed E-state index contributed by atoms with van der Waals surface area (Å²) in [6, 6.07) is 21.1. The first-order chi connectivity index (χ1) is 15.8. The molecule has 0 radical (unpaired) electrons. The number of nitrogens with zero attached hydrogens (tertiary/aromatic N) is 2. The Bertz CT molecular complexity index is 1470. The minimum atomic E-state index is -0.328. The zero-order valence-corrected chi connectivity index (χ0v) is 21.0. The Hall–Kier alpha value is -2.80. The number of fused-ring (bicyclic) bond motifs is 1. The Morgan fingerprint density at radius 3 is 2.36 bits per heavy atom. The van der Waals surface area contributed by atoms with E-state index in [1.165, 1.54) is 4.90 Å². The summed E-state index contributed by atoms with van der Waals surface area (Å²) in [6.07, 6.45) is 1.81. The van der Waals surface area contributed by atoms with E-state index in [9.17, 15) is 9.59 Å². The van der Waals surface area contributed by atoms with Crippen LogP contribution < -0.4 is 4.90 Å². The third-order valence-corrected chi connectivity index (χ3v) is 7.54. The molecule has 1 aliphatic rings. The molecule has 1 aromatic heterocycles. The number of thioether (sulfide) groups is 1. The summed E-state index contributed by atoms with van der Waals surface area (Å²) in [5.41, 5.74) is 4.53. The third-order valence-electron chi connectivity index (χ3n) is 5.72. The van der Waals surface area contributed by atoms with E-state index in [0.29, 0.717) is 15.6 Å². The van der Waals surface area contributed by atoms with Crippen molar-refractivity contribution < 1.29 is 9.59 Å². The molecule has 0 spiro atoms. The van der Waals surface area contributed by atoms with Crippen molar-refractivity contribution in [3.8, 4) is 5.69 Å². The van der Waals surface area contributed by atoms with Crippen molar-refractivity contribution in [1.29, 1.82) is 0 Å². The average molecular weight is 538 g/mol. The summed E-state index contributed by atoms with van der Waals surface area (Å²) in [5, 5.41) is 2.49. The lowest BCUT2D eigenvalue weighted by Crippen LogP contribution is -2.27. The van der Waals surface area contributed by atoms with E-state index in [-0.39, 0.29) is 11.1 Å². The molecule has 0 N–H and O–H groups in total. The molecule has 0 atom stereocenters. The smallest absolute Gasteiger partial charge is 0.298 e. The van der Waals surface area contributed by atoms with Crippen LogP contribution in [-0.4, -0.2) is 15.7 Å². The topological polar surface area (TPSA) is 42.3 Å². The zero-order chi connectivity index (χ0) is 23.3. The van der Waals surface area contributed by atoms with Crippen LogP contribution in [0.2, 0.25) is 5.02 Å². The predicted molar refractivity (Wildman–Crippen MR) is 140 cm³/mol. The lowest BCUT2D eigenvalue weighted by atomic mass is 10.1. The van der Waals surface area contributed by atoms with Crippen LogP contribution in [0.25, 0.3) is 22.5 Å². The highest BCUT2D eigenvalue weighted by Gasteiger charge is 2.36. The molecule has 3 aromatic carbocycles. The van der Waals surface area contributed by atoms with Crippen LogP contribution in [-0.2, 0) is 4.79 Å². The molecule has 4 aromatic rings. The summed E-state index contributed by atoms with van der Waals surface area (Å²) in [4.78, 5) is 27.3. The SMILES string of the molecule is Cc1cc(/C=C2\SC(=O)N(c3ccc(Cl)cc3)C2=O)c(C)n1-c1ccc(Br)c2ccccc12. The fourth-order valence-electron chi connectivity index (χ4n) is 4.17. The summed E-state index contributed by atoms with van der Waals surface area (Å²) >= 11 is 10.5. The molecule has 4 nitrogen and oxygen atoms in total. The maximum Gasteiger partial charge on any atom is 0.298 e. The van der Waals surface area contributed by atoms with E-state index in [4.69, 9.17) is 11.6 Å². The molecule has 164 valence electrons. The molecule has 0 aliphatic carbocycles. The van der Waals surface area contributed by atoms with E-state index in [0.717, 1.165) is 49.6 Å². The third kappa shape index (κ3) is 3.82. The predicted octanol–water partition coefficient (Wildman–Crippen LogP) is 7.90. The van der Waals surface area contributed by atoms with Gasteiger partial charge in [-0.2, -0.15) is 0 Å². The van der Waals surface area contributed by atoms with Crippen LogP contribution in [0.15, 0.2) is 76.1 Å². The van der Waals surface area contributed by atoms with Gasteiger partial charge in [-0.05, 0) is 85.1 Å². The molecule has 1 fully saturated rings. The van der Waals surface area contributed by atoms with Gasteiger partial charge in [0.25, 0.3) is 11.1 Å². The van der Waals surface area contributed by atoms with Crippen molar-refractivity contribution in [3.63, 3.8) is 0 Å². The van der Waals surface area contributed by atoms with Gasteiger partial charge < -0.3 is 4.57 Å². The number of aromatic nitrogens is 1. The van der Waals surface area contributed by atoms with Gasteiger partial charge in [0.1, 0.15) is 0 Å². The lowest BCUT2D eigenvalue weighted by molar-refractivity contribution is -0.113. The largest absolute Gasteiger partial charge is 0.317 e. The van der Waals surface area contributed by atoms with Crippen LogP contribution in [0.1, 0.15) is 17.0 Å². The van der Waals surface area contributed by atoms with E-state index in [2.05, 4.69) is 38.7 Å². The van der Waals surface area contributed by atoms with Gasteiger partial charge in [-0.3, -0.25) is 9.59 Å². The van der Waals surface area contributed by atoms with Gasteiger partial charge in [0.15, 0.2) is 0 Å². The fraction of sp³-hybridized carbons (Fsp3) is 0.0769. The van der Waals surface area contributed by atoms with Gasteiger partial charge >= 0.3 is 0 Å². The first-order valence-corrected chi connectivity index (χ1v) is 12.2. The van der Waals surface area contributed by atoms with Gasteiger partial charge in [-0.15, -0.1) is 0 Å². The summed E-state index contributed by atoms with van der Waals surface area (Å²) in [6.45, 7) is 4.07. The van der Waals surface area contributed by atoms with Crippen LogP contribution >= 0.6 is 39.3 Å². The monoisotopic (exact) mass is 536 g/mol. The zero-order valence-electron chi connectivity index (χ0n) is 17.8. The molecule has 7 heteroatoms. The molecule has 0 saturated carbocycles. The molecule has 0 unspecified atom stereocenters. The number of hydrogen-bond donors (Lipinski definition) is 0. The van der Waals surface area contributed by atoms with Crippen LogP contribution in [0.4, 0.5) is 10.5 Å². The number of halogens is 2. The number of rotatable bonds is 3. The summed E-state index contributed by atoms with van der Waals surface area (Å²) in [5.74, 6) is -0.328. The van der Waals surface area contributed by atoms with Crippen LogP contribution in [0, 0.1) is 13.8 Å². The Kier molecular flexibility index (Phi) is 5.69. The molecule has 1 aliphatic heterocycles. The number of anilines is 1. The Balaban J connectivity index is 1.56. The molecule has 1 saturated heterocycles. The molecule has 33 heavy (non-hydrogen) atoms. The number of carbonyl (C=O) groups is 2. The van der Waals surface area contributed by atoms with Crippen molar-refractivity contribution in [1.82, 2.24) is 4.57 Å². The molecular formula is C26H18BrClN2O2S. The molecular weight excluding hydrogens is 520 g/mol. The average Bonchev–Trinajstić information content (AvgIpc) is 3.24. The van der Waals surface area contributed by atoms with Crippen LogP contribution in [0.5, 0.6) is 0 Å². The van der Waals surface area contributed by atoms with Crippen molar-refractivity contribution in [2.45, 2.75) is 13.8 Å². The van der Waals surface area contributed by atoms with E-state index >= 15 is 0 Å². The number of amides is 2. The van der Waals surface area contributed by atoms with Gasteiger partial charge in [0, 0.05) is 26.3 Å². The van der Waals surface area contributed by atoms with Crippen molar-refractivity contribution in [2.75, 3.05) is 4.90 Å². The molecule has 2 heterocycles. The van der Waals surface area contributed by atoms with E-state index in [1.54, 1.807) is 30.3 Å². The number of imide groups is 1. The molecule has 5 rings (SSSR count). The fourth-order valence-corrected chi connectivity index (χ4v) is 5.60.